The average Bonchev–Trinajstić information content (AvgIpc) is 3.79. The van der Waals surface area contributed by atoms with E-state index in [9.17, 15) is 0 Å². The van der Waals surface area contributed by atoms with Crippen molar-refractivity contribution < 1.29 is 0 Å². The van der Waals surface area contributed by atoms with Gasteiger partial charge < -0.3 is 0 Å². The highest BCUT2D eigenvalue weighted by molar-refractivity contribution is 5.96. The molecule has 10 aromatic rings. The number of hydrogen-bond donors (Lipinski definition) is 0. The third-order valence-electron chi connectivity index (χ3n) is 12.9. The summed E-state index contributed by atoms with van der Waals surface area (Å²) in [5.41, 5.74) is 22.6. The summed E-state index contributed by atoms with van der Waals surface area (Å²) >= 11 is 0. The van der Waals surface area contributed by atoms with Gasteiger partial charge in [0.05, 0.1) is 5.41 Å². The SMILES string of the molecule is c1cc(-c2ccc(-c3ccc4ccccc4c3)cc2)cc(-c2cccc(-c3cccc(-c4ccc5c(c4)C4(c6ccccc6-c6ccccc64)c4ccccc4-5)c3)c2)c1. The first-order valence-electron chi connectivity index (χ1n) is 20.6. The second-order valence-corrected chi connectivity index (χ2v) is 16.0. The Balaban J connectivity index is 0.883. The molecule has 0 radical (unpaired) electrons. The molecule has 0 atom stereocenters. The average molecular weight is 747 g/mol. The van der Waals surface area contributed by atoms with E-state index in [-0.39, 0.29) is 5.41 Å². The molecule has 0 aromatic heterocycles. The minimum absolute atomic E-state index is 0.352. The van der Waals surface area contributed by atoms with Crippen LogP contribution >= 0.6 is 0 Å². The topological polar surface area (TPSA) is 0 Å². The normalized spacial score (nSPS) is 12.9. The molecule has 10 aromatic carbocycles. The van der Waals surface area contributed by atoms with Gasteiger partial charge in [-0.05, 0) is 141 Å². The molecule has 274 valence electrons. The van der Waals surface area contributed by atoms with E-state index < -0.39 is 0 Å². The lowest BCUT2D eigenvalue weighted by Crippen LogP contribution is -2.25. The predicted octanol–water partition coefficient (Wildman–Crippen LogP) is 15.5. The molecule has 0 N–H and O–H groups in total. The van der Waals surface area contributed by atoms with E-state index >= 15 is 0 Å². The molecule has 0 aliphatic heterocycles. The van der Waals surface area contributed by atoms with Crippen molar-refractivity contribution in [3.63, 3.8) is 0 Å². The van der Waals surface area contributed by atoms with Gasteiger partial charge in [-0.25, -0.2) is 0 Å². The summed E-state index contributed by atoms with van der Waals surface area (Å²) in [4.78, 5) is 0. The van der Waals surface area contributed by atoms with Crippen molar-refractivity contribution in [1.82, 2.24) is 0 Å². The molecule has 0 heterocycles. The minimum atomic E-state index is -0.352. The fourth-order valence-corrected chi connectivity index (χ4v) is 10.1. The van der Waals surface area contributed by atoms with Crippen LogP contribution in [0.5, 0.6) is 0 Å². The van der Waals surface area contributed by atoms with Crippen molar-refractivity contribution in [2.45, 2.75) is 5.41 Å². The number of fused-ring (bicyclic) bond motifs is 11. The maximum atomic E-state index is 2.48. The van der Waals surface area contributed by atoms with Gasteiger partial charge in [0.25, 0.3) is 0 Å². The first-order valence-corrected chi connectivity index (χ1v) is 20.6. The first-order chi connectivity index (χ1) is 29.2. The molecule has 0 saturated heterocycles. The van der Waals surface area contributed by atoms with E-state index in [2.05, 4.69) is 231 Å². The maximum Gasteiger partial charge on any atom is 0.0725 e. The molecule has 12 rings (SSSR count). The monoisotopic (exact) mass is 746 g/mol. The third-order valence-corrected chi connectivity index (χ3v) is 12.9. The van der Waals surface area contributed by atoms with Crippen LogP contribution in [0.2, 0.25) is 0 Å². The molecule has 0 heteroatoms. The molecule has 0 amide bonds. The Kier molecular flexibility index (Phi) is 7.55. The van der Waals surface area contributed by atoms with Crippen LogP contribution in [0.15, 0.2) is 231 Å². The molecule has 0 unspecified atom stereocenters. The van der Waals surface area contributed by atoms with Crippen LogP contribution in [-0.4, -0.2) is 0 Å². The highest BCUT2D eigenvalue weighted by Crippen LogP contribution is 2.63. The molecule has 0 bridgehead atoms. The molecule has 0 fully saturated rings. The first kappa shape index (κ1) is 33.6. The summed E-state index contributed by atoms with van der Waals surface area (Å²) in [6.45, 7) is 0. The van der Waals surface area contributed by atoms with Gasteiger partial charge in [-0.2, -0.15) is 0 Å². The Bertz CT molecular complexity index is 3210. The molecular weight excluding hydrogens is 709 g/mol. The summed E-state index contributed by atoms with van der Waals surface area (Å²) < 4.78 is 0. The zero-order chi connectivity index (χ0) is 38.9. The van der Waals surface area contributed by atoms with Crippen molar-refractivity contribution in [3.05, 3.63) is 253 Å². The quantitative estimate of drug-likeness (QED) is 0.165. The summed E-state index contributed by atoms with van der Waals surface area (Å²) in [6.07, 6.45) is 0. The molecule has 2 aliphatic carbocycles. The lowest BCUT2D eigenvalue weighted by Gasteiger charge is -2.30. The van der Waals surface area contributed by atoms with Gasteiger partial charge in [-0.15, -0.1) is 0 Å². The fourth-order valence-electron chi connectivity index (χ4n) is 10.1. The maximum absolute atomic E-state index is 2.48. The lowest BCUT2D eigenvalue weighted by molar-refractivity contribution is 0.794. The van der Waals surface area contributed by atoms with Crippen molar-refractivity contribution in [2.75, 3.05) is 0 Å². The van der Waals surface area contributed by atoms with Crippen molar-refractivity contribution in [1.29, 1.82) is 0 Å². The molecular formula is C59H38. The van der Waals surface area contributed by atoms with Gasteiger partial charge in [0.1, 0.15) is 0 Å². The van der Waals surface area contributed by atoms with Crippen LogP contribution in [0.1, 0.15) is 22.3 Å². The summed E-state index contributed by atoms with van der Waals surface area (Å²) in [5.74, 6) is 0. The van der Waals surface area contributed by atoms with Gasteiger partial charge >= 0.3 is 0 Å². The fraction of sp³-hybridized carbons (Fsp3) is 0.0169. The molecule has 0 saturated carbocycles. The molecule has 1 spiro atoms. The second kappa shape index (κ2) is 13.3. The Hall–Kier alpha value is -7.54. The zero-order valence-corrected chi connectivity index (χ0v) is 32.4. The largest absolute Gasteiger partial charge is 0.0725 e. The van der Waals surface area contributed by atoms with Gasteiger partial charge in [0.2, 0.25) is 0 Å². The van der Waals surface area contributed by atoms with Crippen molar-refractivity contribution in [2.24, 2.45) is 0 Å². The van der Waals surface area contributed by atoms with E-state index in [0.29, 0.717) is 0 Å². The zero-order valence-electron chi connectivity index (χ0n) is 32.4. The Morgan fingerprint density at radius 3 is 1.02 bits per heavy atom. The predicted molar refractivity (Wildman–Crippen MR) is 247 cm³/mol. The smallest absolute Gasteiger partial charge is 0.0619 e. The van der Waals surface area contributed by atoms with Crippen molar-refractivity contribution >= 4 is 10.8 Å². The third kappa shape index (κ3) is 5.23. The van der Waals surface area contributed by atoms with Crippen LogP contribution in [-0.2, 0) is 5.41 Å². The van der Waals surface area contributed by atoms with Gasteiger partial charge in [-0.1, -0.05) is 200 Å². The van der Waals surface area contributed by atoms with Crippen LogP contribution in [0.25, 0.3) is 88.7 Å². The Morgan fingerprint density at radius 1 is 0.186 bits per heavy atom. The van der Waals surface area contributed by atoms with Gasteiger partial charge in [0.15, 0.2) is 0 Å². The summed E-state index contributed by atoms with van der Waals surface area (Å²) in [6, 6.07) is 85.4. The van der Waals surface area contributed by atoms with Gasteiger partial charge in [-0.3, -0.25) is 0 Å². The molecule has 0 nitrogen and oxygen atoms in total. The number of hydrogen-bond acceptors (Lipinski definition) is 0. The van der Waals surface area contributed by atoms with Crippen LogP contribution in [0.4, 0.5) is 0 Å². The van der Waals surface area contributed by atoms with Crippen molar-refractivity contribution in [3.8, 4) is 77.9 Å². The number of benzene rings is 10. The Labute approximate surface area is 345 Å². The van der Waals surface area contributed by atoms with E-state index in [1.165, 1.54) is 111 Å². The number of rotatable bonds is 5. The standard InChI is InChI=1S/C59H38/c1-2-13-42-35-49(31-30-39(42)12-1)41-28-26-40(27-29-41)43-14-9-15-44(34-43)45-16-10-17-46(36-45)47-18-11-19-48(37-47)50-32-33-54-53-22-5-8-25-57(53)59(58(54)38-50)55-23-6-3-20-51(55)52-21-4-7-24-56(52)59/h1-38H. The summed E-state index contributed by atoms with van der Waals surface area (Å²) in [5, 5.41) is 2.53. The molecule has 2 aliphatic rings. The van der Waals surface area contributed by atoms with Crippen LogP contribution in [0.3, 0.4) is 0 Å². The van der Waals surface area contributed by atoms with E-state index in [4.69, 9.17) is 0 Å². The van der Waals surface area contributed by atoms with Crippen LogP contribution in [0, 0.1) is 0 Å². The van der Waals surface area contributed by atoms with E-state index in [1.54, 1.807) is 0 Å². The highest BCUT2D eigenvalue weighted by Gasteiger charge is 2.51. The minimum Gasteiger partial charge on any atom is -0.0619 e. The lowest BCUT2D eigenvalue weighted by atomic mass is 9.70. The molecule has 59 heavy (non-hydrogen) atoms. The second-order valence-electron chi connectivity index (χ2n) is 16.0. The van der Waals surface area contributed by atoms with Gasteiger partial charge in [0, 0.05) is 0 Å². The highest BCUT2D eigenvalue weighted by atomic mass is 14.5. The van der Waals surface area contributed by atoms with E-state index in [0.717, 1.165) is 0 Å². The summed E-state index contributed by atoms with van der Waals surface area (Å²) in [7, 11) is 0. The van der Waals surface area contributed by atoms with Crippen LogP contribution < -0.4 is 0 Å². The van der Waals surface area contributed by atoms with E-state index in [1.807, 2.05) is 0 Å². The Morgan fingerprint density at radius 2 is 0.525 bits per heavy atom.